The van der Waals surface area contributed by atoms with E-state index >= 15 is 0 Å². The van der Waals surface area contributed by atoms with Gasteiger partial charge in [-0.25, -0.2) is 9.59 Å². The topological polar surface area (TPSA) is 64.6 Å². The SMILES string of the molecule is CCOC(=O)C1=C(C)NC2=C(C(=O)OC2)C1c1ccccc1SCCc1ccccc1. The zero-order chi connectivity index (χ0) is 21.8. The maximum Gasteiger partial charge on any atom is 0.337 e. The molecule has 2 aliphatic heterocycles. The van der Waals surface area contributed by atoms with Crippen molar-refractivity contribution < 1.29 is 19.1 Å². The second-order valence-electron chi connectivity index (χ2n) is 7.41. The minimum atomic E-state index is -0.509. The van der Waals surface area contributed by atoms with Gasteiger partial charge in [-0.1, -0.05) is 48.5 Å². The summed E-state index contributed by atoms with van der Waals surface area (Å²) in [5.41, 5.74) is 4.60. The van der Waals surface area contributed by atoms with Gasteiger partial charge in [0.1, 0.15) is 6.61 Å². The lowest BCUT2D eigenvalue weighted by Crippen LogP contribution is -2.30. The van der Waals surface area contributed by atoms with E-state index in [-0.39, 0.29) is 19.2 Å². The molecule has 0 fully saturated rings. The number of ether oxygens (including phenoxy) is 2. The number of nitrogens with one attached hydrogen (secondary N) is 1. The molecule has 2 aliphatic rings. The predicted molar refractivity (Wildman–Crippen MR) is 121 cm³/mol. The van der Waals surface area contributed by atoms with Gasteiger partial charge >= 0.3 is 11.9 Å². The van der Waals surface area contributed by atoms with Crippen molar-refractivity contribution in [3.05, 3.63) is 88.3 Å². The van der Waals surface area contributed by atoms with Crippen LogP contribution in [0, 0.1) is 0 Å². The van der Waals surface area contributed by atoms with E-state index in [1.165, 1.54) is 5.56 Å². The predicted octanol–water partition coefficient (Wildman–Crippen LogP) is 4.36. The minimum absolute atomic E-state index is 0.196. The fourth-order valence-corrected chi connectivity index (χ4v) is 5.12. The van der Waals surface area contributed by atoms with Gasteiger partial charge in [0.25, 0.3) is 0 Å². The third kappa shape index (κ3) is 4.39. The highest BCUT2D eigenvalue weighted by Crippen LogP contribution is 2.44. The summed E-state index contributed by atoms with van der Waals surface area (Å²) in [5, 5.41) is 3.19. The standard InChI is InChI=1S/C25H25NO4S/c1-3-29-24(27)21-16(2)26-19-15-30-25(28)23(19)22(21)18-11-7-8-12-20(18)31-14-13-17-9-5-4-6-10-17/h4-12,22,26H,3,13-15H2,1-2H3. The van der Waals surface area contributed by atoms with Crippen molar-refractivity contribution in [1.82, 2.24) is 5.32 Å². The molecule has 0 amide bonds. The molecular formula is C25H25NO4S. The van der Waals surface area contributed by atoms with Gasteiger partial charge < -0.3 is 14.8 Å². The Morgan fingerprint density at radius 2 is 1.90 bits per heavy atom. The van der Waals surface area contributed by atoms with E-state index in [2.05, 4.69) is 17.4 Å². The molecule has 31 heavy (non-hydrogen) atoms. The lowest BCUT2D eigenvalue weighted by atomic mass is 9.81. The van der Waals surface area contributed by atoms with Crippen molar-refractivity contribution in [3.63, 3.8) is 0 Å². The number of cyclic esters (lactones) is 1. The van der Waals surface area contributed by atoms with Crippen LogP contribution >= 0.6 is 11.8 Å². The van der Waals surface area contributed by atoms with Gasteiger partial charge in [-0.05, 0) is 37.5 Å². The number of hydrogen-bond acceptors (Lipinski definition) is 6. The van der Waals surface area contributed by atoms with Crippen molar-refractivity contribution in [2.45, 2.75) is 31.1 Å². The van der Waals surface area contributed by atoms with Crippen LogP contribution < -0.4 is 5.32 Å². The number of carbonyl (C=O) groups excluding carboxylic acids is 2. The number of rotatable bonds is 7. The molecule has 4 rings (SSSR count). The van der Waals surface area contributed by atoms with Crippen molar-refractivity contribution in [2.24, 2.45) is 0 Å². The Morgan fingerprint density at radius 3 is 2.68 bits per heavy atom. The summed E-state index contributed by atoms with van der Waals surface area (Å²) < 4.78 is 10.7. The van der Waals surface area contributed by atoms with E-state index in [1.807, 2.05) is 49.4 Å². The number of hydrogen-bond donors (Lipinski definition) is 1. The smallest absolute Gasteiger partial charge is 0.337 e. The highest BCUT2D eigenvalue weighted by Gasteiger charge is 2.42. The first-order chi connectivity index (χ1) is 15.1. The Kier molecular flexibility index (Phi) is 6.47. The molecule has 0 bridgehead atoms. The molecule has 6 heteroatoms. The van der Waals surface area contributed by atoms with Crippen molar-refractivity contribution in [3.8, 4) is 0 Å². The minimum Gasteiger partial charge on any atom is -0.463 e. The average molecular weight is 436 g/mol. The van der Waals surface area contributed by atoms with Gasteiger partial charge in [0, 0.05) is 16.3 Å². The fourth-order valence-electron chi connectivity index (χ4n) is 4.03. The van der Waals surface area contributed by atoms with E-state index in [0.29, 0.717) is 16.8 Å². The molecule has 1 unspecified atom stereocenters. The molecule has 0 saturated carbocycles. The Hall–Kier alpha value is -2.99. The normalized spacial score (nSPS) is 17.9. The third-order valence-electron chi connectivity index (χ3n) is 5.43. The molecule has 2 aromatic rings. The van der Waals surface area contributed by atoms with Gasteiger partial charge in [-0.3, -0.25) is 0 Å². The zero-order valence-electron chi connectivity index (χ0n) is 17.6. The Morgan fingerprint density at radius 1 is 1.16 bits per heavy atom. The molecule has 0 spiro atoms. The molecule has 160 valence electrons. The third-order valence-corrected chi connectivity index (χ3v) is 6.52. The quantitative estimate of drug-likeness (QED) is 0.515. The second kappa shape index (κ2) is 9.43. The van der Waals surface area contributed by atoms with Crippen LogP contribution in [-0.2, 0) is 25.5 Å². The van der Waals surface area contributed by atoms with Crippen LogP contribution in [-0.4, -0.2) is 30.9 Å². The molecule has 0 aromatic heterocycles. The molecule has 1 atom stereocenters. The Labute approximate surface area is 186 Å². The van der Waals surface area contributed by atoms with Crippen LogP contribution in [0.1, 0.15) is 30.9 Å². The fraction of sp³-hybridized carbons (Fsp3) is 0.280. The highest BCUT2D eigenvalue weighted by atomic mass is 32.2. The number of carbonyl (C=O) groups is 2. The van der Waals surface area contributed by atoms with Crippen LogP contribution in [0.15, 0.2) is 82.0 Å². The number of thioether (sulfide) groups is 1. The van der Waals surface area contributed by atoms with E-state index in [1.54, 1.807) is 18.7 Å². The first-order valence-corrected chi connectivity index (χ1v) is 11.4. The molecule has 2 heterocycles. The summed E-state index contributed by atoms with van der Waals surface area (Å²) in [5.74, 6) is -0.413. The van der Waals surface area contributed by atoms with E-state index in [9.17, 15) is 9.59 Å². The van der Waals surface area contributed by atoms with Gasteiger partial charge in [0.15, 0.2) is 0 Å². The summed E-state index contributed by atoms with van der Waals surface area (Å²) in [4.78, 5) is 26.6. The Balaban J connectivity index is 1.68. The maximum atomic E-state index is 12.9. The molecule has 1 N–H and O–H groups in total. The average Bonchev–Trinajstić information content (AvgIpc) is 3.14. The summed E-state index contributed by atoms with van der Waals surface area (Å²) >= 11 is 1.73. The lowest BCUT2D eigenvalue weighted by Gasteiger charge is -2.28. The number of allylic oxidation sites excluding steroid dienone is 1. The summed E-state index contributed by atoms with van der Waals surface area (Å²) in [6.07, 6.45) is 0.932. The van der Waals surface area contributed by atoms with Crippen molar-refractivity contribution in [2.75, 3.05) is 19.0 Å². The molecule has 0 aliphatic carbocycles. The molecule has 5 nitrogen and oxygen atoms in total. The highest BCUT2D eigenvalue weighted by molar-refractivity contribution is 7.99. The maximum absolute atomic E-state index is 12.9. The summed E-state index contributed by atoms with van der Waals surface area (Å²) in [7, 11) is 0. The number of aryl methyl sites for hydroxylation is 1. The van der Waals surface area contributed by atoms with Gasteiger partial charge in [0.2, 0.25) is 0 Å². The first-order valence-electron chi connectivity index (χ1n) is 10.4. The molecule has 0 radical (unpaired) electrons. The zero-order valence-corrected chi connectivity index (χ0v) is 18.5. The second-order valence-corrected chi connectivity index (χ2v) is 8.54. The van der Waals surface area contributed by atoms with Gasteiger partial charge in [0.05, 0.1) is 29.4 Å². The van der Waals surface area contributed by atoms with Crippen molar-refractivity contribution in [1.29, 1.82) is 0 Å². The number of esters is 2. The Bertz CT molecular complexity index is 1060. The van der Waals surface area contributed by atoms with E-state index < -0.39 is 11.9 Å². The molecular weight excluding hydrogens is 410 g/mol. The monoisotopic (exact) mass is 435 g/mol. The largest absolute Gasteiger partial charge is 0.463 e. The van der Waals surface area contributed by atoms with Crippen LogP contribution in [0.25, 0.3) is 0 Å². The number of dihydropyridines is 1. The van der Waals surface area contributed by atoms with Gasteiger partial charge in [-0.2, -0.15) is 0 Å². The first kappa shape index (κ1) is 21.2. The van der Waals surface area contributed by atoms with Crippen LogP contribution in [0.4, 0.5) is 0 Å². The van der Waals surface area contributed by atoms with Crippen molar-refractivity contribution >= 4 is 23.7 Å². The van der Waals surface area contributed by atoms with Crippen LogP contribution in [0.3, 0.4) is 0 Å². The van der Waals surface area contributed by atoms with Crippen LogP contribution in [0.2, 0.25) is 0 Å². The van der Waals surface area contributed by atoms with E-state index in [0.717, 1.165) is 28.3 Å². The summed E-state index contributed by atoms with van der Waals surface area (Å²) in [6.45, 7) is 4.09. The number of benzene rings is 2. The van der Waals surface area contributed by atoms with E-state index in [4.69, 9.17) is 9.47 Å². The van der Waals surface area contributed by atoms with Crippen LogP contribution in [0.5, 0.6) is 0 Å². The van der Waals surface area contributed by atoms with Gasteiger partial charge in [-0.15, -0.1) is 11.8 Å². The summed E-state index contributed by atoms with van der Waals surface area (Å²) in [6, 6.07) is 18.3. The lowest BCUT2D eigenvalue weighted by molar-refractivity contribution is -0.138. The molecule has 2 aromatic carbocycles. The molecule has 0 saturated heterocycles.